The molecule has 4 aromatic rings. The summed E-state index contributed by atoms with van der Waals surface area (Å²) in [6.45, 7) is 3.35. The lowest BCUT2D eigenvalue weighted by Gasteiger charge is -2.22. The third-order valence-electron chi connectivity index (χ3n) is 5.16. The molecule has 0 aliphatic carbocycles. The predicted octanol–water partition coefficient (Wildman–Crippen LogP) is 1.98. The number of benzene rings is 3. The molecule has 0 unspecified atom stereocenters. The van der Waals surface area contributed by atoms with Crippen LogP contribution >= 0.6 is 11.3 Å². The van der Waals surface area contributed by atoms with E-state index >= 15 is 0 Å². The third-order valence-corrected chi connectivity index (χ3v) is 6.37. The number of carbonyl (C=O) groups is 1. The molecule has 0 bridgehead atoms. The average molecular weight is 455 g/mol. The van der Waals surface area contributed by atoms with E-state index in [9.17, 15) is 4.79 Å². The van der Waals surface area contributed by atoms with Crippen LogP contribution in [-0.2, 0) is 0 Å². The molecule has 4 rings (SSSR count). The van der Waals surface area contributed by atoms with Crippen LogP contribution in [0.25, 0.3) is 21.0 Å². The van der Waals surface area contributed by atoms with Crippen LogP contribution in [0.5, 0.6) is 5.75 Å². The molecule has 7 heteroatoms. The molecule has 1 heterocycles. The zero-order valence-corrected chi connectivity index (χ0v) is 19.6. The number of carbonyl (C=O) groups excluding carboxylic acids is 1. The average Bonchev–Trinajstić information content (AvgIpc) is 3.19. The number of aromatic nitrogens is 1. The molecule has 0 fully saturated rings. The first-order valence-electron chi connectivity index (χ1n) is 9.87. The van der Waals surface area contributed by atoms with Crippen molar-refractivity contribution >= 4 is 43.4 Å². The van der Waals surface area contributed by atoms with Crippen LogP contribution in [-0.4, -0.2) is 50.1 Å². The highest BCUT2D eigenvalue weighted by atomic mass is 35.5. The largest absolute Gasteiger partial charge is 1.00 e. The molecular weight excluding hydrogens is 430 g/mol. The number of halogens is 1. The Hall–Kier alpha value is -2.67. The molecule has 0 N–H and O–H groups in total. The predicted molar refractivity (Wildman–Crippen MR) is 125 cm³/mol. The number of ether oxygens (including phenoxy) is 1. The summed E-state index contributed by atoms with van der Waals surface area (Å²) in [5.74, 6) is 0.682. The summed E-state index contributed by atoms with van der Waals surface area (Å²) >= 11 is 1.54. The maximum atomic E-state index is 13.6. The van der Waals surface area contributed by atoms with Crippen LogP contribution in [0.2, 0.25) is 0 Å². The van der Waals surface area contributed by atoms with Gasteiger partial charge in [0.1, 0.15) is 11.3 Å². The summed E-state index contributed by atoms with van der Waals surface area (Å²) < 4.78 is 6.55. The van der Waals surface area contributed by atoms with Crippen molar-refractivity contribution in [3.63, 3.8) is 0 Å². The summed E-state index contributed by atoms with van der Waals surface area (Å²) in [5.41, 5.74) is 2.59. The third kappa shape index (κ3) is 4.66. The van der Waals surface area contributed by atoms with Crippen molar-refractivity contribution in [3.8, 4) is 5.75 Å². The van der Waals surface area contributed by atoms with Gasteiger partial charge in [-0.3, -0.25) is 9.69 Å². The van der Waals surface area contributed by atoms with Gasteiger partial charge in [-0.2, -0.15) is 0 Å². The van der Waals surface area contributed by atoms with Crippen LogP contribution in [0.3, 0.4) is 0 Å². The Morgan fingerprint density at radius 3 is 2.48 bits per heavy atom. The van der Waals surface area contributed by atoms with Gasteiger partial charge in [-0.1, -0.05) is 47.7 Å². The van der Waals surface area contributed by atoms with Crippen molar-refractivity contribution in [1.29, 1.82) is 0 Å². The SMILES string of the molecule is COc1ccc(C)c2sc(N(CCN(C)C)C(=O)c3ccc4ccccc4c3)nc12.[Cl-]. The van der Waals surface area contributed by atoms with Crippen molar-refractivity contribution in [3.05, 3.63) is 65.7 Å². The fourth-order valence-corrected chi connectivity index (χ4v) is 4.52. The molecule has 0 spiro atoms. The maximum absolute atomic E-state index is 13.6. The molecule has 0 saturated heterocycles. The molecule has 0 aliphatic rings. The van der Waals surface area contributed by atoms with E-state index in [1.54, 1.807) is 12.0 Å². The van der Waals surface area contributed by atoms with Crippen molar-refractivity contribution < 1.29 is 21.9 Å². The lowest BCUT2D eigenvalue weighted by atomic mass is 10.1. The zero-order valence-electron chi connectivity index (χ0n) is 18.1. The molecule has 1 aromatic heterocycles. The molecule has 162 valence electrons. The summed E-state index contributed by atoms with van der Waals surface area (Å²) in [5, 5.41) is 2.87. The first kappa shape index (κ1) is 23.0. The van der Waals surface area contributed by atoms with Crippen LogP contribution in [0.1, 0.15) is 15.9 Å². The molecule has 0 atom stereocenters. The minimum atomic E-state index is -0.0433. The lowest BCUT2D eigenvalue weighted by molar-refractivity contribution is -0.0000140. The van der Waals surface area contributed by atoms with Gasteiger partial charge in [0.15, 0.2) is 5.13 Å². The van der Waals surface area contributed by atoms with Gasteiger partial charge in [0.05, 0.1) is 11.8 Å². The first-order chi connectivity index (χ1) is 14.5. The number of methoxy groups -OCH3 is 1. The summed E-state index contributed by atoms with van der Waals surface area (Å²) in [6.07, 6.45) is 0. The highest BCUT2D eigenvalue weighted by molar-refractivity contribution is 7.22. The number of likely N-dealkylation sites (N-methyl/N-ethyl adjacent to an activating group) is 1. The van der Waals surface area contributed by atoms with Gasteiger partial charge in [0.25, 0.3) is 5.91 Å². The molecule has 5 nitrogen and oxygen atoms in total. The summed E-state index contributed by atoms with van der Waals surface area (Å²) in [7, 11) is 5.65. The van der Waals surface area contributed by atoms with E-state index < -0.39 is 0 Å². The molecule has 0 saturated carbocycles. The minimum Gasteiger partial charge on any atom is -1.00 e. The van der Waals surface area contributed by atoms with E-state index in [-0.39, 0.29) is 18.3 Å². The Balaban J connectivity index is 0.00000272. The Kier molecular flexibility index (Phi) is 7.15. The van der Waals surface area contributed by atoms with Crippen LogP contribution in [0.4, 0.5) is 5.13 Å². The maximum Gasteiger partial charge on any atom is 0.260 e. The van der Waals surface area contributed by atoms with Gasteiger partial charge in [-0.05, 0) is 55.6 Å². The first-order valence-corrected chi connectivity index (χ1v) is 10.7. The van der Waals surface area contributed by atoms with Gasteiger partial charge in [-0.15, -0.1) is 0 Å². The van der Waals surface area contributed by atoms with E-state index in [1.807, 2.05) is 62.6 Å². The lowest BCUT2D eigenvalue weighted by Crippen LogP contribution is -3.00. The zero-order chi connectivity index (χ0) is 21.3. The number of hydrogen-bond acceptors (Lipinski definition) is 5. The monoisotopic (exact) mass is 454 g/mol. The Bertz CT molecular complexity index is 1220. The van der Waals surface area contributed by atoms with E-state index in [4.69, 9.17) is 9.72 Å². The van der Waals surface area contributed by atoms with E-state index in [1.165, 1.54) is 11.3 Å². The van der Waals surface area contributed by atoms with Crippen LogP contribution < -0.4 is 22.0 Å². The van der Waals surface area contributed by atoms with E-state index in [0.717, 1.165) is 38.8 Å². The number of nitrogens with zero attached hydrogens (tertiary/aromatic N) is 3. The van der Waals surface area contributed by atoms with Gasteiger partial charge in [-0.25, -0.2) is 4.98 Å². The van der Waals surface area contributed by atoms with Gasteiger partial charge in [0.2, 0.25) is 0 Å². The van der Waals surface area contributed by atoms with Gasteiger partial charge in [0, 0.05) is 18.7 Å². The second-order valence-electron chi connectivity index (χ2n) is 7.58. The number of amides is 1. The topological polar surface area (TPSA) is 45.7 Å². The molecule has 3 aromatic carbocycles. The molecule has 0 aliphatic heterocycles. The Morgan fingerprint density at radius 2 is 1.77 bits per heavy atom. The van der Waals surface area contributed by atoms with Crippen LogP contribution in [0.15, 0.2) is 54.6 Å². The number of hydrogen-bond donors (Lipinski definition) is 0. The van der Waals surface area contributed by atoms with Gasteiger partial charge >= 0.3 is 0 Å². The number of fused-ring (bicyclic) bond motifs is 2. The second-order valence-corrected chi connectivity index (χ2v) is 8.56. The number of thiazole rings is 1. The van der Waals surface area contributed by atoms with Crippen molar-refractivity contribution in [1.82, 2.24) is 9.88 Å². The van der Waals surface area contributed by atoms with Gasteiger partial charge < -0.3 is 22.0 Å². The molecular formula is C24H25ClN3O2S-. The summed E-state index contributed by atoms with van der Waals surface area (Å²) in [4.78, 5) is 22.2. The van der Waals surface area contributed by atoms with Crippen molar-refractivity contribution in [2.45, 2.75) is 6.92 Å². The molecule has 1 amide bonds. The smallest absolute Gasteiger partial charge is 0.260 e. The highest BCUT2D eigenvalue weighted by Gasteiger charge is 2.23. The molecule has 31 heavy (non-hydrogen) atoms. The number of rotatable bonds is 6. The second kappa shape index (κ2) is 9.64. The Morgan fingerprint density at radius 1 is 1.03 bits per heavy atom. The minimum absolute atomic E-state index is 0. The standard InChI is InChI=1S/C24H25N3O2S.ClH/c1-16-9-12-20(29-4)21-22(16)30-24(25-21)27(14-13-26(2)3)23(28)19-11-10-17-7-5-6-8-18(17)15-19;/h5-12,15H,13-14H2,1-4H3;1H/p-1. The number of anilines is 1. The van der Waals surface area contributed by atoms with E-state index in [2.05, 4.69) is 17.9 Å². The Labute approximate surface area is 192 Å². The van der Waals surface area contributed by atoms with Crippen molar-refractivity contribution in [2.75, 3.05) is 39.2 Å². The van der Waals surface area contributed by atoms with E-state index in [0.29, 0.717) is 17.2 Å². The highest BCUT2D eigenvalue weighted by Crippen LogP contribution is 2.37. The quantitative estimate of drug-likeness (QED) is 0.447. The van der Waals surface area contributed by atoms with Crippen molar-refractivity contribution in [2.24, 2.45) is 0 Å². The fraction of sp³-hybridized carbons (Fsp3) is 0.250. The number of aryl methyl sites for hydroxylation is 1. The summed E-state index contributed by atoms with van der Waals surface area (Å²) in [6, 6.07) is 17.9. The molecule has 0 radical (unpaired) electrons. The fourth-order valence-electron chi connectivity index (χ4n) is 3.44. The normalized spacial score (nSPS) is 11.0. The van der Waals surface area contributed by atoms with Crippen LogP contribution in [0, 0.1) is 6.92 Å².